The minimum absolute atomic E-state index is 0.100. The minimum Gasteiger partial charge on any atom is -0.466 e. The van der Waals surface area contributed by atoms with Gasteiger partial charge >= 0.3 is 5.97 Å². The number of hydrogen-bond acceptors (Lipinski definition) is 3. The van der Waals surface area contributed by atoms with Crippen LogP contribution in [-0.2, 0) is 16.0 Å². The van der Waals surface area contributed by atoms with Crippen molar-refractivity contribution in [3.8, 4) is 0 Å². The number of carbonyl (C=O) groups excluding carboxylic acids is 1. The summed E-state index contributed by atoms with van der Waals surface area (Å²) in [5.74, 6) is -0.100. The number of anilines is 1. The largest absolute Gasteiger partial charge is 0.466 e. The molecular formula is C15H21NO2. The SMILES string of the molecule is CCOC(=O)CCN1CCCc2cc(C)ccc21. The second-order valence-electron chi connectivity index (χ2n) is 4.78. The number of nitrogens with zero attached hydrogens (tertiary/aromatic N) is 1. The monoisotopic (exact) mass is 247 g/mol. The van der Waals surface area contributed by atoms with Gasteiger partial charge in [-0.15, -0.1) is 0 Å². The zero-order valence-electron chi connectivity index (χ0n) is 11.2. The van der Waals surface area contributed by atoms with Gasteiger partial charge in [0.25, 0.3) is 0 Å². The molecule has 1 aliphatic rings. The predicted molar refractivity (Wildman–Crippen MR) is 73.0 cm³/mol. The van der Waals surface area contributed by atoms with E-state index in [1.54, 1.807) is 0 Å². The molecule has 1 heterocycles. The molecule has 0 unspecified atom stereocenters. The minimum atomic E-state index is -0.100. The van der Waals surface area contributed by atoms with Crippen LogP contribution in [0, 0.1) is 6.92 Å². The fraction of sp³-hybridized carbons (Fsp3) is 0.533. The first-order chi connectivity index (χ1) is 8.70. The van der Waals surface area contributed by atoms with Gasteiger partial charge in [-0.3, -0.25) is 4.79 Å². The summed E-state index contributed by atoms with van der Waals surface area (Å²) in [4.78, 5) is 13.7. The number of ether oxygens (including phenoxy) is 1. The molecule has 0 saturated heterocycles. The standard InChI is InChI=1S/C15H21NO2/c1-3-18-15(17)8-10-16-9-4-5-13-11-12(2)6-7-14(13)16/h6-7,11H,3-5,8-10H2,1-2H3. The Kier molecular flexibility index (Phi) is 4.24. The molecule has 1 aromatic rings. The zero-order chi connectivity index (χ0) is 13.0. The maximum absolute atomic E-state index is 11.4. The van der Waals surface area contributed by atoms with E-state index in [0.29, 0.717) is 13.0 Å². The maximum Gasteiger partial charge on any atom is 0.307 e. The molecule has 0 N–H and O–H groups in total. The van der Waals surface area contributed by atoms with Crippen molar-refractivity contribution in [3.63, 3.8) is 0 Å². The Labute approximate surface area is 109 Å². The molecule has 0 atom stereocenters. The van der Waals surface area contributed by atoms with Gasteiger partial charge in [-0.2, -0.15) is 0 Å². The van der Waals surface area contributed by atoms with Gasteiger partial charge in [0.1, 0.15) is 0 Å². The highest BCUT2D eigenvalue weighted by atomic mass is 16.5. The number of aryl methyl sites for hydroxylation is 2. The summed E-state index contributed by atoms with van der Waals surface area (Å²) in [7, 11) is 0. The van der Waals surface area contributed by atoms with E-state index in [4.69, 9.17) is 4.74 Å². The third-order valence-electron chi connectivity index (χ3n) is 3.34. The van der Waals surface area contributed by atoms with E-state index in [1.165, 1.54) is 23.2 Å². The fourth-order valence-electron chi connectivity index (χ4n) is 2.50. The molecule has 2 rings (SSSR count). The van der Waals surface area contributed by atoms with Crippen LogP contribution in [0.15, 0.2) is 18.2 Å². The third kappa shape index (κ3) is 3.03. The van der Waals surface area contributed by atoms with Crippen molar-refractivity contribution < 1.29 is 9.53 Å². The Balaban J connectivity index is 2.01. The molecule has 1 aromatic carbocycles. The van der Waals surface area contributed by atoms with Crippen molar-refractivity contribution in [1.82, 2.24) is 0 Å². The van der Waals surface area contributed by atoms with E-state index in [0.717, 1.165) is 19.5 Å². The second kappa shape index (κ2) is 5.89. The van der Waals surface area contributed by atoms with Crippen molar-refractivity contribution in [2.75, 3.05) is 24.6 Å². The first-order valence-corrected chi connectivity index (χ1v) is 6.71. The molecule has 3 heteroatoms. The van der Waals surface area contributed by atoms with Crippen molar-refractivity contribution >= 4 is 11.7 Å². The van der Waals surface area contributed by atoms with Crippen LogP contribution in [0.1, 0.15) is 30.9 Å². The van der Waals surface area contributed by atoms with E-state index in [-0.39, 0.29) is 5.97 Å². The number of esters is 1. The van der Waals surface area contributed by atoms with Gasteiger partial charge in [-0.25, -0.2) is 0 Å². The first kappa shape index (κ1) is 12.9. The van der Waals surface area contributed by atoms with Crippen LogP contribution >= 0.6 is 0 Å². The summed E-state index contributed by atoms with van der Waals surface area (Å²) in [5, 5.41) is 0. The molecule has 0 amide bonds. The van der Waals surface area contributed by atoms with Gasteiger partial charge in [0.05, 0.1) is 13.0 Å². The predicted octanol–water partition coefficient (Wildman–Crippen LogP) is 2.70. The summed E-state index contributed by atoms with van der Waals surface area (Å²) in [6.07, 6.45) is 2.79. The Morgan fingerprint density at radius 2 is 2.28 bits per heavy atom. The highest BCUT2D eigenvalue weighted by Gasteiger charge is 2.17. The number of fused-ring (bicyclic) bond motifs is 1. The van der Waals surface area contributed by atoms with Crippen molar-refractivity contribution in [3.05, 3.63) is 29.3 Å². The van der Waals surface area contributed by atoms with Crippen LogP contribution < -0.4 is 4.90 Å². The summed E-state index contributed by atoms with van der Waals surface area (Å²) in [6, 6.07) is 6.57. The number of rotatable bonds is 4. The normalized spacial score (nSPS) is 14.2. The molecule has 0 fully saturated rings. The lowest BCUT2D eigenvalue weighted by Gasteiger charge is -2.31. The highest BCUT2D eigenvalue weighted by Crippen LogP contribution is 2.27. The van der Waals surface area contributed by atoms with Gasteiger partial charge in [0, 0.05) is 18.8 Å². The van der Waals surface area contributed by atoms with Gasteiger partial charge in [-0.1, -0.05) is 17.7 Å². The van der Waals surface area contributed by atoms with Crippen LogP contribution in [0.2, 0.25) is 0 Å². The van der Waals surface area contributed by atoms with Crippen LogP contribution in [0.3, 0.4) is 0 Å². The molecule has 0 radical (unpaired) electrons. The molecule has 98 valence electrons. The molecule has 18 heavy (non-hydrogen) atoms. The lowest BCUT2D eigenvalue weighted by molar-refractivity contribution is -0.142. The smallest absolute Gasteiger partial charge is 0.307 e. The van der Waals surface area contributed by atoms with Gasteiger partial charge in [-0.05, 0) is 38.3 Å². The Hall–Kier alpha value is -1.51. The van der Waals surface area contributed by atoms with Crippen molar-refractivity contribution in [1.29, 1.82) is 0 Å². The lowest BCUT2D eigenvalue weighted by atomic mass is 9.99. The van der Waals surface area contributed by atoms with E-state index in [1.807, 2.05) is 6.92 Å². The Bertz CT molecular complexity index is 429. The molecule has 0 spiro atoms. The third-order valence-corrected chi connectivity index (χ3v) is 3.34. The van der Waals surface area contributed by atoms with Gasteiger partial charge in [0.15, 0.2) is 0 Å². The van der Waals surface area contributed by atoms with Crippen LogP contribution in [0.5, 0.6) is 0 Å². The Morgan fingerprint density at radius 1 is 1.44 bits per heavy atom. The summed E-state index contributed by atoms with van der Waals surface area (Å²) >= 11 is 0. The van der Waals surface area contributed by atoms with Crippen molar-refractivity contribution in [2.24, 2.45) is 0 Å². The van der Waals surface area contributed by atoms with Gasteiger partial charge < -0.3 is 9.64 Å². The Morgan fingerprint density at radius 3 is 3.06 bits per heavy atom. The molecule has 0 aliphatic carbocycles. The topological polar surface area (TPSA) is 29.5 Å². The summed E-state index contributed by atoms with van der Waals surface area (Å²) in [5.41, 5.74) is 4.00. The molecular weight excluding hydrogens is 226 g/mol. The van der Waals surface area contributed by atoms with E-state index in [9.17, 15) is 4.79 Å². The number of carbonyl (C=O) groups is 1. The number of benzene rings is 1. The van der Waals surface area contributed by atoms with Crippen LogP contribution in [0.25, 0.3) is 0 Å². The molecule has 1 aliphatic heterocycles. The second-order valence-corrected chi connectivity index (χ2v) is 4.78. The quantitative estimate of drug-likeness (QED) is 0.766. The zero-order valence-corrected chi connectivity index (χ0v) is 11.2. The summed E-state index contributed by atoms with van der Waals surface area (Å²) in [6.45, 7) is 6.23. The molecule has 0 saturated carbocycles. The van der Waals surface area contributed by atoms with E-state index >= 15 is 0 Å². The van der Waals surface area contributed by atoms with Gasteiger partial charge in [0.2, 0.25) is 0 Å². The fourth-order valence-corrected chi connectivity index (χ4v) is 2.50. The van der Waals surface area contributed by atoms with Crippen molar-refractivity contribution in [2.45, 2.75) is 33.1 Å². The van der Waals surface area contributed by atoms with Crippen LogP contribution in [0.4, 0.5) is 5.69 Å². The lowest BCUT2D eigenvalue weighted by Crippen LogP contribution is -2.31. The highest BCUT2D eigenvalue weighted by molar-refractivity contribution is 5.70. The summed E-state index contributed by atoms with van der Waals surface area (Å²) < 4.78 is 4.97. The average Bonchev–Trinajstić information content (AvgIpc) is 2.36. The molecule has 3 nitrogen and oxygen atoms in total. The first-order valence-electron chi connectivity index (χ1n) is 6.71. The average molecular weight is 247 g/mol. The molecule has 0 aromatic heterocycles. The van der Waals surface area contributed by atoms with Crippen LogP contribution in [-0.4, -0.2) is 25.7 Å². The number of hydrogen-bond donors (Lipinski definition) is 0. The molecule has 0 bridgehead atoms. The van der Waals surface area contributed by atoms with E-state index in [2.05, 4.69) is 30.0 Å². The van der Waals surface area contributed by atoms with E-state index < -0.39 is 0 Å². The maximum atomic E-state index is 11.4.